The quantitative estimate of drug-likeness (QED) is 0.740. The summed E-state index contributed by atoms with van der Waals surface area (Å²) < 4.78 is 6.68. The van der Waals surface area contributed by atoms with E-state index in [2.05, 4.69) is 26.6 Å². The van der Waals surface area contributed by atoms with Crippen LogP contribution in [0, 0.1) is 0 Å². The van der Waals surface area contributed by atoms with Crippen LogP contribution in [0.25, 0.3) is 0 Å². The molecular weight excluding hydrogens is 332 g/mol. The van der Waals surface area contributed by atoms with Gasteiger partial charge in [-0.3, -0.25) is 4.79 Å². The SMILES string of the molecule is O=C(CCCCOc1ccc(Br)cc1)NC1CCNCC1. The second kappa shape index (κ2) is 9.05. The Balaban J connectivity index is 1.52. The van der Waals surface area contributed by atoms with Gasteiger partial charge in [0, 0.05) is 16.9 Å². The Morgan fingerprint density at radius 2 is 1.95 bits per heavy atom. The maximum atomic E-state index is 11.8. The van der Waals surface area contributed by atoms with Gasteiger partial charge in [0.25, 0.3) is 0 Å². The fourth-order valence-corrected chi connectivity index (χ4v) is 2.64. The molecule has 2 rings (SSSR count). The molecule has 1 aliphatic heterocycles. The molecular formula is C16H23BrN2O2. The number of hydrogen-bond donors (Lipinski definition) is 2. The van der Waals surface area contributed by atoms with E-state index in [0.29, 0.717) is 19.1 Å². The average Bonchev–Trinajstić information content (AvgIpc) is 2.50. The minimum absolute atomic E-state index is 0.172. The summed E-state index contributed by atoms with van der Waals surface area (Å²) in [5.74, 6) is 1.04. The van der Waals surface area contributed by atoms with Crippen LogP contribution in [0.15, 0.2) is 28.7 Å². The first-order chi connectivity index (χ1) is 10.2. The minimum atomic E-state index is 0.172. The van der Waals surface area contributed by atoms with Crippen molar-refractivity contribution in [2.75, 3.05) is 19.7 Å². The summed E-state index contributed by atoms with van der Waals surface area (Å²) in [6.07, 6.45) is 4.44. The molecule has 1 aromatic carbocycles. The fraction of sp³-hybridized carbons (Fsp3) is 0.562. The Bertz CT molecular complexity index is 430. The van der Waals surface area contributed by atoms with Crippen molar-refractivity contribution in [1.29, 1.82) is 0 Å². The summed E-state index contributed by atoms with van der Waals surface area (Å²) >= 11 is 3.39. The number of halogens is 1. The van der Waals surface area contributed by atoms with Crippen LogP contribution in [-0.2, 0) is 4.79 Å². The lowest BCUT2D eigenvalue weighted by atomic mass is 10.1. The van der Waals surface area contributed by atoms with Crippen molar-refractivity contribution in [1.82, 2.24) is 10.6 Å². The highest BCUT2D eigenvalue weighted by molar-refractivity contribution is 9.10. The summed E-state index contributed by atoms with van der Waals surface area (Å²) in [5, 5.41) is 6.40. The molecule has 0 aromatic heterocycles. The lowest BCUT2D eigenvalue weighted by Crippen LogP contribution is -2.42. The number of piperidine rings is 1. The van der Waals surface area contributed by atoms with Gasteiger partial charge in [-0.25, -0.2) is 0 Å². The van der Waals surface area contributed by atoms with E-state index in [0.717, 1.165) is 49.0 Å². The van der Waals surface area contributed by atoms with Crippen LogP contribution in [0.3, 0.4) is 0 Å². The van der Waals surface area contributed by atoms with Crippen molar-refractivity contribution in [3.63, 3.8) is 0 Å². The highest BCUT2D eigenvalue weighted by atomic mass is 79.9. The first-order valence-electron chi connectivity index (χ1n) is 7.62. The van der Waals surface area contributed by atoms with E-state index >= 15 is 0 Å². The lowest BCUT2D eigenvalue weighted by Gasteiger charge is -2.23. The van der Waals surface area contributed by atoms with Crippen LogP contribution in [0.4, 0.5) is 0 Å². The van der Waals surface area contributed by atoms with E-state index in [1.807, 2.05) is 24.3 Å². The largest absolute Gasteiger partial charge is 0.494 e. The maximum Gasteiger partial charge on any atom is 0.220 e. The molecule has 0 bridgehead atoms. The molecule has 0 spiro atoms. The normalized spacial score (nSPS) is 15.7. The second-order valence-electron chi connectivity index (χ2n) is 5.35. The Kier molecular flexibility index (Phi) is 7.03. The summed E-state index contributed by atoms with van der Waals surface area (Å²) in [5.41, 5.74) is 0. The van der Waals surface area contributed by atoms with E-state index in [1.54, 1.807) is 0 Å². The van der Waals surface area contributed by atoms with E-state index < -0.39 is 0 Å². The van der Waals surface area contributed by atoms with Crippen molar-refractivity contribution in [3.8, 4) is 5.75 Å². The third-order valence-corrected chi connectivity index (χ3v) is 4.11. The van der Waals surface area contributed by atoms with Crippen LogP contribution in [0.2, 0.25) is 0 Å². The van der Waals surface area contributed by atoms with Crippen LogP contribution < -0.4 is 15.4 Å². The third-order valence-electron chi connectivity index (χ3n) is 3.58. The lowest BCUT2D eigenvalue weighted by molar-refractivity contribution is -0.122. The van der Waals surface area contributed by atoms with Gasteiger partial charge in [0.2, 0.25) is 5.91 Å². The summed E-state index contributed by atoms with van der Waals surface area (Å²) in [7, 11) is 0. The van der Waals surface area contributed by atoms with Crippen LogP contribution >= 0.6 is 15.9 Å². The molecule has 1 fully saturated rings. The van der Waals surface area contributed by atoms with Crippen LogP contribution in [0.1, 0.15) is 32.1 Å². The Morgan fingerprint density at radius 1 is 1.24 bits per heavy atom. The van der Waals surface area contributed by atoms with Crippen LogP contribution in [-0.4, -0.2) is 31.6 Å². The summed E-state index contributed by atoms with van der Waals surface area (Å²) in [6.45, 7) is 2.67. The van der Waals surface area contributed by atoms with Gasteiger partial charge < -0.3 is 15.4 Å². The minimum Gasteiger partial charge on any atom is -0.494 e. The fourth-order valence-electron chi connectivity index (χ4n) is 2.37. The van der Waals surface area contributed by atoms with E-state index in [1.165, 1.54) is 0 Å². The number of amides is 1. The van der Waals surface area contributed by atoms with Gasteiger partial charge in [0.1, 0.15) is 5.75 Å². The molecule has 1 aliphatic rings. The van der Waals surface area contributed by atoms with E-state index in [-0.39, 0.29) is 5.91 Å². The molecule has 5 heteroatoms. The molecule has 0 radical (unpaired) electrons. The topological polar surface area (TPSA) is 50.4 Å². The Hall–Kier alpha value is -1.07. The first kappa shape index (κ1) is 16.3. The smallest absolute Gasteiger partial charge is 0.220 e. The molecule has 0 aliphatic carbocycles. The number of benzene rings is 1. The maximum absolute atomic E-state index is 11.8. The number of carbonyl (C=O) groups is 1. The van der Waals surface area contributed by atoms with Gasteiger partial charge in [-0.05, 0) is 63.0 Å². The monoisotopic (exact) mass is 354 g/mol. The van der Waals surface area contributed by atoms with Crippen molar-refractivity contribution in [2.45, 2.75) is 38.1 Å². The van der Waals surface area contributed by atoms with E-state index in [9.17, 15) is 4.79 Å². The Morgan fingerprint density at radius 3 is 2.67 bits per heavy atom. The number of unbranched alkanes of at least 4 members (excludes halogenated alkanes) is 1. The molecule has 21 heavy (non-hydrogen) atoms. The molecule has 116 valence electrons. The molecule has 0 saturated carbocycles. The third kappa shape index (κ3) is 6.48. The number of rotatable bonds is 7. The van der Waals surface area contributed by atoms with Gasteiger partial charge >= 0.3 is 0 Å². The zero-order valence-electron chi connectivity index (χ0n) is 12.2. The van der Waals surface area contributed by atoms with Gasteiger partial charge in [-0.2, -0.15) is 0 Å². The molecule has 2 N–H and O–H groups in total. The van der Waals surface area contributed by atoms with Crippen molar-refractivity contribution in [3.05, 3.63) is 28.7 Å². The summed E-state index contributed by atoms with van der Waals surface area (Å²) in [6, 6.07) is 8.16. The average molecular weight is 355 g/mol. The second-order valence-corrected chi connectivity index (χ2v) is 6.27. The van der Waals surface area contributed by atoms with E-state index in [4.69, 9.17) is 4.74 Å². The summed E-state index contributed by atoms with van der Waals surface area (Å²) in [4.78, 5) is 11.8. The number of nitrogens with one attached hydrogen (secondary N) is 2. The molecule has 1 saturated heterocycles. The highest BCUT2D eigenvalue weighted by Crippen LogP contribution is 2.16. The molecule has 1 heterocycles. The van der Waals surface area contributed by atoms with Crippen LogP contribution in [0.5, 0.6) is 5.75 Å². The predicted molar refractivity (Wildman–Crippen MR) is 87.5 cm³/mol. The van der Waals surface area contributed by atoms with Gasteiger partial charge in [0.05, 0.1) is 6.61 Å². The highest BCUT2D eigenvalue weighted by Gasteiger charge is 2.14. The van der Waals surface area contributed by atoms with Crippen molar-refractivity contribution in [2.24, 2.45) is 0 Å². The molecule has 1 aromatic rings. The first-order valence-corrected chi connectivity index (χ1v) is 8.42. The predicted octanol–water partition coefficient (Wildman–Crippen LogP) is 2.87. The van der Waals surface area contributed by atoms with Gasteiger partial charge in [0.15, 0.2) is 0 Å². The number of hydrogen-bond acceptors (Lipinski definition) is 3. The Labute approximate surface area is 134 Å². The zero-order valence-corrected chi connectivity index (χ0v) is 13.8. The van der Waals surface area contributed by atoms with Gasteiger partial charge in [-0.15, -0.1) is 0 Å². The molecule has 0 unspecified atom stereocenters. The van der Waals surface area contributed by atoms with Gasteiger partial charge in [-0.1, -0.05) is 15.9 Å². The number of ether oxygens (including phenoxy) is 1. The molecule has 0 atom stereocenters. The number of carbonyl (C=O) groups excluding carboxylic acids is 1. The molecule has 1 amide bonds. The standard InChI is InChI=1S/C16H23BrN2O2/c17-13-4-6-15(7-5-13)21-12-2-1-3-16(20)19-14-8-10-18-11-9-14/h4-7,14,18H,1-3,8-12H2,(H,19,20). The van der Waals surface area contributed by atoms with Crippen molar-refractivity contribution < 1.29 is 9.53 Å². The molecule has 4 nitrogen and oxygen atoms in total. The zero-order chi connectivity index (χ0) is 14.9. The van der Waals surface area contributed by atoms with Crippen molar-refractivity contribution >= 4 is 21.8 Å².